The van der Waals surface area contributed by atoms with Crippen LogP contribution < -0.4 is 10.6 Å². The Kier molecular flexibility index (Phi) is 6.32. The first-order chi connectivity index (χ1) is 9.82. The second-order valence-electron chi connectivity index (χ2n) is 4.83. The monoisotopic (exact) mass is 313 g/mol. The molecule has 1 unspecified atom stereocenters. The lowest BCUT2D eigenvalue weighted by Gasteiger charge is -2.18. The van der Waals surface area contributed by atoms with Crippen LogP contribution in [0.15, 0.2) is 29.2 Å². The van der Waals surface area contributed by atoms with Gasteiger partial charge in [0.1, 0.15) is 0 Å². The summed E-state index contributed by atoms with van der Waals surface area (Å²) in [6.07, 6.45) is 0.138. The summed E-state index contributed by atoms with van der Waals surface area (Å²) in [7, 11) is 1.25. The Balaban J connectivity index is 2.94. The lowest BCUT2D eigenvalue weighted by Crippen LogP contribution is -2.31. The predicted molar refractivity (Wildman–Crippen MR) is 82.4 cm³/mol. The van der Waals surface area contributed by atoms with Crippen molar-refractivity contribution in [3.8, 4) is 0 Å². The minimum Gasteiger partial charge on any atom is -0.359 e. The number of carbonyl (C=O) groups is 1. The lowest BCUT2D eigenvalue weighted by atomic mass is 10.1. The van der Waals surface area contributed by atoms with Crippen LogP contribution in [0.3, 0.4) is 0 Å². The molecule has 7 heteroatoms. The van der Waals surface area contributed by atoms with Crippen molar-refractivity contribution in [1.82, 2.24) is 14.9 Å². The van der Waals surface area contributed by atoms with Gasteiger partial charge in [0, 0.05) is 33.1 Å². The second-order valence-corrected chi connectivity index (χ2v) is 6.88. The summed E-state index contributed by atoms with van der Waals surface area (Å²) >= 11 is 0. The molecule has 21 heavy (non-hydrogen) atoms. The van der Waals surface area contributed by atoms with Crippen molar-refractivity contribution in [2.24, 2.45) is 0 Å². The minimum atomic E-state index is -3.58. The van der Waals surface area contributed by atoms with Gasteiger partial charge in [0.05, 0.1) is 4.90 Å². The molecule has 2 N–H and O–H groups in total. The zero-order valence-corrected chi connectivity index (χ0v) is 13.7. The molecule has 1 atom stereocenters. The van der Waals surface area contributed by atoms with Gasteiger partial charge in [-0.2, -0.15) is 0 Å². The van der Waals surface area contributed by atoms with Crippen molar-refractivity contribution < 1.29 is 13.2 Å². The molecule has 0 aromatic heterocycles. The standard InChI is InChI=1S/C14H23N3O3S/c1-11(15-2)12-6-5-7-13(10-12)21(19,20)17(4)9-8-14(18)16-3/h5-7,10-11,15H,8-9H2,1-4H3,(H,16,18). The van der Waals surface area contributed by atoms with Crippen LogP contribution in [0, 0.1) is 0 Å². The van der Waals surface area contributed by atoms with Gasteiger partial charge in [-0.05, 0) is 31.7 Å². The molecule has 1 aromatic rings. The van der Waals surface area contributed by atoms with E-state index in [1.54, 1.807) is 18.2 Å². The van der Waals surface area contributed by atoms with E-state index in [9.17, 15) is 13.2 Å². The predicted octanol–water partition coefficient (Wildman–Crippen LogP) is 0.724. The van der Waals surface area contributed by atoms with E-state index in [4.69, 9.17) is 0 Å². The van der Waals surface area contributed by atoms with E-state index in [1.807, 2.05) is 20.0 Å². The van der Waals surface area contributed by atoms with Crippen LogP contribution in [-0.4, -0.2) is 46.3 Å². The van der Waals surface area contributed by atoms with Crippen LogP contribution in [-0.2, 0) is 14.8 Å². The molecule has 0 spiro atoms. The van der Waals surface area contributed by atoms with Gasteiger partial charge in [-0.15, -0.1) is 0 Å². The summed E-state index contributed by atoms with van der Waals surface area (Å²) < 4.78 is 26.1. The molecule has 0 aliphatic rings. The Morgan fingerprint density at radius 3 is 2.57 bits per heavy atom. The van der Waals surface area contributed by atoms with Crippen LogP contribution >= 0.6 is 0 Å². The number of nitrogens with one attached hydrogen (secondary N) is 2. The maximum Gasteiger partial charge on any atom is 0.242 e. The Morgan fingerprint density at radius 1 is 1.33 bits per heavy atom. The molecule has 0 aliphatic heterocycles. The molecule has 0 fully saturated rings. The molecule has 6 nitrogen and oxygen atoms in total. The average molecular weight is 313 g/mol. The van der Waals surface area contributed by atoms with E-state index in [1.165, 1.54) is 18.4 Å². The molecular weight excluding hydrogens is 290 g/mol. The molecular formula is C14H23N3O3S. The van der Waals surface area contributed by atoms with Gasteiger partial charge in [-0.25, -0.2) is 12.7 Å². The number of benzene rings is 1. The highest BCUT2D eigenvalue weighted by atomic mass is 32.2. The molecule has 0 radical (unpaired) electrons. The summed E-state index contributed by atoms with van der Waals surface area (Å²) in [6, 6.07) is 6.90. The summed E-state index contributed by atoms with van der Waals surface area (Å²) in [5.74, 6) is -0.186. The molecule has 1 amide bonds. The highest BCUT2D eigenvalue weighted by molar-refractivity contribution is 7.89. The van der Waals surface area contributed by atoms with Gasteiger partial charge in [0.15, 0.2) is 0 Å². The summed E-state index contributed by atoms with van der Waals surface area (Å²) in [6.45, 7) is 2.11. The van der Waals surface area contributed by atoms with Crippen LogP contribution in [0.1, 0.15) is 24.9 Å². The van der Waals surface area contributed by atoms with Crippen molar-refractivity contribution in [2.45, 2.75) is 24.3 Å². The third kappa shape index (κ3) is 4.52. The number of hydrogen-bond donors (Lipinski definition) is 2. The first-order valence-electron chi connectivity index (χ1n) is 6.77. The molecule has 0 saturated heterocycles. The number of sulfonamides is 1. The summed E-state index contributed by atoms with van der Waals surface area (Å²) in [5, 5.41) is 5.55. The third-order valence-electron chi connectivity index (χ3n) is 3.43. The SMILES string of the molecule is CNC(=O)CCN(C)S(=O)(=O)c1cccc(C(C)NC)c1. The van der Waals surface area contributed by atoms with Gasteiger partial charge in [-0.1, -0.05) is 12.1 Å². The van der Waals surface area contributed by atoms with Gasteiger partial charge in [0.2, 0.25) is 15.9 Å². The number of carbonyl (C=O) groups excluding carboxylic acids is 1. The topological polar surface area (TPSA) is 78.5 Å². The van der Waals surface area contributed by atoms with E-state index in [0.717, 1.165) is 5.56 Å². The normalized spacial score (nSPS) is 13.2. The quantitative estimate of drug-likeness (QED) is 0.777. The molecule has 1 aromatic carbocycles. The smallest absolute Gasteiger partial charge is 0.242 e. The fraction of sp³-hybridized carbons (Fsp3) is 0.500. The zero-order valence-electron chi connectivity index (χ0n) is 12.9. The molecule has 1 rings (SSSR count). The average Bonchev–Trinajstić information content (AvgIpc) is 2.51. The highest BCUT2D eigenvalue weighted by Crippen LogP contribution is 2.19. The Hall–Kier alpha value is -1.44. The number of rotatable bonds is 7. The first-order valence-corrected chi connectivity index (χ1v) is 8.21. The largest absolute Gasteiger partial charge is 0.359 e. The lowest BCUT2D eigenvalue weighted by molar-refractivity contribution is -0.120. The number of amides is 1. The highest BCUT2D eigenvalue weighted by Gasteiger charge is 2.21. The van der Waals surface area contributed by atoms with Crippen molar-refractivity contribution in [2.75, 3.05) is 27.7 Å². The molecule has 0 saturated carbocycles. The first kappa shape index (κ1) is 17.6. The number of hydrogen-bond acceptors (Lipinski definition) is 4. The maximum atomic E-state index is 12.5. The van der Waals surface area contributed by atoms with Gasteiger partial charge in [-0.3, -0.25) is 4.79 Å². The van der Waals surface area contributed by atoms with E-state index < -0.39 is 10.0 Å². The Bertz CT molecular complexity index is 587. The fourth-order valence-corrected chi connectivity index (χ4v) is 3.02. The fourth-order valence-electron chi connectivity index (χ4n) is 1.80. The number of nitrogens with zero attached hydrogens (tertiary/aromatic N) is 1. The van der Waals surface area contributed by atoms with Gasteiger partial charge in [0.25, 0.3) is 0 Å². The zero-order chi connectivity index (χ0) is 16.0. The van der Waals surface area contributed by atoms with E-state index in [0.29, 0.717) is 0 Å². The Morgan fingerprint density at radius 2 is 2.00 bits per heavy atom. The summed E-state index contributed by atoms with van der Waals surface area (Å²) in [4.78, 5) is 11.5. The van der Waals surface area contributed by atoms with Crippen LogP contribution in [0.25, 0.3) is 0 Å². The van der Waals surface area contributed by atoms with Crippen molar-refractivity contribution in [3.05, 3.63) is 29.8 Å². The van der Waals surface area contributed by atoms with Crippen molar-refractivity contribution in [3.63, 3.8) is 0 Å². The van der Waals surface area contributed by atoms with Gasteiger partial charge >= 0.3 is 0 Å². The summed E-state index contributed by atoms with van der Waals surface area (Å²) in [5.41, 5.74) is 0.901. The van der Waals surface area contributed by atoms with Crippen LogP contribution in [0.2, 0.25) is 0 Å². The maximum absolute atomic E-state index is 12.5. The van der Waals surface area contributed by atoms with Crippen molar-refractivity contribution in [1.29, 1.82) is 0 Å². The van der Waals surface area contributed by atoms with E-state index in [-0.39, 0.29) is 29.8 Å². The molecule has 118 valence electrons. The molecule has 0 aliphatic carbocycles. The third-order valence-corrected chi connectivity index (χ3v) is 5.28. The second kappa shape index (κ2) is 7.53. The van der Waals surface area contributed by atoms with Gasteiger partial charge < -0.3 is 10.6 Å². The van der Waals surface area contributed by atoms with Crippen LogP contribution in [0.4, 0.5) is 0 Å². The van der Waals surface area contributed by atoms with E-state index in [2.05, 4.69) is 10.6 Å². The molecule has 0 heterocycles. The minimum absolute atomic E-state index is 0.0660. The molecule has 0 bridgehead atoms. The van der Waals surface area contributed by atoms with Crippen molar-refractivity contribution >= 4 is 15.9 Å². The Labute approximate surface area is 126 Å². The van der Waals surface area contributed by atoms with E-state index >= 15 is 0 Å². The van der Waals surface area contributed by atoms with Crippen LogP contribution in [0.5, 0.6) is 0 Å².